The van der Waals surface area contributed by atoms with Crippen LogP contribution in [0.5, 0.6) is 5.75 Å². The van der Waals surface area contributed by atoms with Gasteiger partial charge in [-0.1, -0.05) is 17.7 Å². The monoisotopic (exact) mass is 272 g/mol. The van der Waals surface area contributed by atoms with Gasteiger partial charge in [-0.05, 0) is 42.0 Å². The lowest BCUT2D eigenvalue weighted by Crippen LogP contribution is -1.98. The Bertz CT molecular complexity index is 721. The SMILES string of the molecule is Oc1ccc(CNc2ccc3[nH]ccc3c2)cc1Cl. The molecule has 3 aromatic rings. The molecule has 96 valence electrons. The van der Waals surface area contributed by atoms with Gasteiger partial charge in [0, 0.05) is 29.3 Å². The molecule has 2 aromatic carbocycles. The van der Waals surface area contributed by atoms with E-state index in [-0.39, 0.29) is 5.75 Å². The molecule has 1 aromatic heterocycles. The molecule has 0 saturated heterocycles. The Labute approximate surface area is 115 Å². The van der Waals surface area contributed by atoms with Gasteiger partial charge in [-0.25, -0.2) is 0 Å². The fraction of sp³-hybridized carbons (Fsp3) is 0.0667. The van der Waals surface area contributed by atoms with Crippen molar-refractivity contribution < 1.29 is 5.11 Å². The average Bonchev–Trinajstić information content (AvgIpc) is 2.87. The zero-order valence-electron chi connectivity index (χ0n) is 10.2. The van der Waals surface area contributed by atoms with Crippen molar-refractivity contribution in [3.05, 3.63) is 59.2 Å². The summed E-state index contributed by atoms with van der Waals surface area (Å²) in [5.41, 5.74) is 3.20. The normalized spacial score (nSPS) is 10.8. The van der Waals surface area contributed by atoms with Crippen molar-refractivity contribution in [1.29, 1.82) is 0 Å². The Hall–Kier alpha value is -2.13. The standard InChI is InChI=1S/C15H13ClN2O/c16-13-7-10(1-4-15(13)19)9-18-12-2-3-14-11(8-12)5-6-17-14/h1-8,17-19H,9H2. The number of phenolic OH excluding ortho intramolecular Hbond substituents is 1. The van der Waals surface area contributed by atoms with E-state index in [4.69, 9.17) is 11.6 Å². The molecule has 0 amide bonds. The molecular weight excluding hydrogens is 260 g/mol. The Balaban J connectivity index is 1.75. The lowest BCUT2D eigenvalue weighted by molar-refractivity contribution is 0.475. The third kappa shape index (κ3) is 2.51. The summed E-state index contributed by atoms with van der Waals surface area (Å²) in [6.07, 6.45) is 1.92. The first-order chi connectivity index (χ1) is 9.22. The summed E-state index contributed by atoms with van der Waals surface area (Å²) in [5.74, 6) is 0.110. The molecule has 0 fully saturated rings. The molecule has 3 rings (SSSR count). The van der Waals surface area contributed by atoms with Gasteiger partial charge in [0.15, 0.2) is 0 Å². The van der Waals surface area contributed by atoms with Crippen LogP contribution in [0.3, 0.4) is 0 Å². The van der Waals surface area contributed by atoms with Crippen molar-refractivity contribution in [3.8, 4) is 5.75 Å². The van der Waals surface area contributed by atoms with E-state index in [1.807, 2.05) is 30.5 Å². The Morgan fingerprint density at radius 1 is 1.11 bits per heavy atom. The van der Waals surface area contributed by atoms with Crippen LogP contribution in [0.15, 0.2) is 48.7 Å². The number of halogens is 1. The van der Waals surface area contributed by atoms with Crippen molar-refractivity contribution in [2.45, 2.75) is 6.54 Å². The molecule has 19 heavy (non-hydrogen) atoms. The molecule has 0 aliphatic heterocycles. The predicted molar refractivity (Wildman–Crippen MR) is 78.7 cm³/mol. The van der Waals surface area contributed by atoms with Crippen LogP contribution < -0.4 is 5.32 Å². The number of anilines is 1. The number of rotatable bonds is 3. The van der Waals surface area contributed by atoms with Crippen molar-refractivity contribution in [2.24, 2.45) is 0 Å². The highest BCUT2D eigenvalue weighted by Gasteiger charge is 2.01. The molecule has 3 nitrogen and oxygen atoms in total. The molecule has 3 N–H and O–H groups in total. The molecule has 0 aliphatic carbocycles. The van der Waals surface area contributed by atoms with E-state index in [1.165, 1.54) is 5.39 Å². The number of aromatic amines is 1. The fourth-order valence-electron chi connectivity index (χ4n) is 2.03. The van der Waals surface area contributed by atoms with Crippen molar-refractivity contribution >= 4 is 28.2 Å². The maximum Gasteiger partial charge on any atom is 0.134 e. The van der Waals surface area contributed by atoms with Crippen LogP contribution in [0, 0.1) is 0 Å². The van der Waals surface area contributed by atoms with E-state index in [0.717, 1.165) is 16.8 Å². The molecule has 0 atom stereocenters. The molecule has 0 saturated carbocycles. The molecule has 4 heteroatoms. The van der Waals surface area contributed by atoms with Crippen LogP contribution >= 0.6 is 11.6 Å². The number of hydrogen-bond donors (Lipinski definition) is 3. The van der Waals surface area contributed by atoms with E-state index in [9.17, 15) is 5.11 Å². The number of aromatic hydroxyl groups is 1. The first-order valence-corrected chi connectivity index (χ1v) is 6.38. The first kappa shape index (κ1) is 11.9. The lowest BCUT2D eigenvalue weighted by atomic mass is 10.2. The van der Waals surface area contributed by atoms with Gasteiger partial charge in [0.05, 0.1) is 5.02 Å². The molecule has 0 spiro atoms. The molecule has 0 aliphatic rings. The number of phenols is 1. The Morgan fingerprint density at radius 2 is 2.00 bits per heavy atom. The summed E-state index contributed by atoms with van der Waals surface area (Å²) in [5, 5.41) is 14.3. The van der Waals surface area contributed by atoms with E-state index in [0.29, 0.717) is 11.6 Å². The number of fused-ring (bicyclic) bond motifs is 1. The van der Waals surface area contributed by atoms with Gasteiger partial charge in [-0.15, -0.1) is 0 Å². The maximum atomic E-state index is 9.37. The summed E-state index contributed by atoms with van der Waals surface area (Å²) >= 11 is 5.88. The third-order valence-electron chi connectivity index (χ3n) is 3.06. The number of aromatic nitrogens is 1. The third-order valence-corrected chi connectivity index (χ3v) is 3.36. The van der Waals surface area contributed by atoms with E-state index in [2.05, 4.69) is 16.4 Å². The minimum absolute atomic E-state index is 0.110. The summed E-state index contributed by atoms with van der Waals surface area (Å²) in [4.78, 5) is 3.16. The number of benzene rings is 2. The van der Waals surface area contributed by atoms with Gasteiger partial charge >= 0.3 is 0 Å². The van der Waals surface area contributed by atoms with E-state index >= 15 is 0 Å². The van der Waals surface area contributed by atoms with Crippen LogP contribution in [0.4, 0.5) is 5.69 Å². The van der Waals surface area contributed by atoms with E-state index in [1.54, 1.807) is 12.1 Å². The Morgan fingerprint density at radius 3 is 2.84 bits per heavy atom. The maximum absolute atomic E-state index is 9.37. The second-order valence-corrected chi connectivity index (χ2v) is 4.83. The fourth-order valence-corrected chi connectivity index (χ4v) is 2.23. The zero-order chi connectivity index (χ0) is 13.2. The quantitative estimate of drug-likeness (QED) is 0.671. The van der Waals surface area contributed by atoms with Crippen LogP contribution in [-0.2, 0) is 6.54 Å². The first-order valence-electron chi connectivity index (χ1n) is 6.01. The molecule has 0 unspecified atom stereocenters. The largest absolute Gasteiger partial charge is 0.506 e. The van der Waals surface area contributed by atoms with Crippen molar-refractivity contribution in [1.82, 2.24) is 4.98 Å². The lowest BCUT2D eigenvalue weighted by Gasteiger charge is -2.07. The number of nitrogens with one attached hydrogen (secondary N) is 2. The Kier molecular flexibility index (Phi) is 3.05. The summed E-state index contributed by atoms with van der Waals surface area (Å²) < 4.78 is 0. The molecule has 0 bridgehead atoms. The van der Waals surface area contributed by atoms with Gasteiger partial charge in [0.1, 0.15) is 5.75 Å². The van der Waals surface area contributed by atoms with Gasteiger partial charge in [-0.2, -0.15) is 0 Å². The number of hydrogen-bond acceptors (Lipinski definition) is 2. The zero-order valence-corrected chi connectivity index (χ0v) is 10.9. The summed E-state index contributed by atoms with van der Waals surface area (Å²) in [6, 6.07) is 13.4. The molecule has 1 heterocycles. The van der Waals surface area contributed by atoms with Crippen LogP contribution in [0.25, 0.3) is 10.9 Å². The highest BCUT2D eigenvalue weighted by atomic mass is 35.5. The predicted octanol–water partition coefficient (Wildman–Crippen LogP) is 4.14. The average molecular weight is 273 g/mol. The minimum atomic E-state index is 0.110. The van der Waals surface area contributed by atoms with Crippen LogP contribution in [-0.4, -0.2) is 10.1 Å². The smallest absolute Gasteiger partial charge is 0.134 e. The summed E-state index contributed by atoms with van der Waals surface area (Å²) in [6.45, 7) is 0.663. The topological polar surface area (TPSA) is 48.0 Å². The van der Waals surface area contributed by atoms with Crippen LogP contribution in [0.2, 0.25) is 5.02 Å². The van der Waals surface area contributed by atoms with Gasteiger partial charge in [-0.3, -0.25) is 0 Å². The highest BCUT2D eigenvalue weighted by Crippen LogP contribution is 2.24. The van der Waals surface area contributed by atoms with Gasteiger partial charge < -0.3 is 15.4 Å². The van der Waals surface area contributed by atoms with Crippen LogP contribution in [0.1, 0.15) is 5.56 Å². The molecule has 0 radical (unpaired) electrons. The second kappa shape index (κ2) is 4.86. The van der Waals surface area contributed by atoms with Crippen molar-refractivity contribution in [3.63, 3.8) is 0 Å². The van der Waals surface area contributed by atoms with Gasteiger partial charge in [0.25, 0.3) is 0 Å². The summed E-state index contributed by atoms with van der Waals surface area (Å²) in [7, 11) is 0. The minimum Gasteiger partial charge on any atom is -0.506 e. The number of H-pyrrole nitrogens is 1. The van der Waals surface area contributed by atoms with E-state index < -0.39 is 0 Å². The molecular formula is C15H13ClN2O. The van der Waals surface area contributed by atoms with Crippen molar-refractivity contribution in [2.75, 3.05) is 5.32 Å². The van der Waals surface area contributed by atoms with Gasteiger partial charge in [0.2, 0.25) is 0 Å². The second-order valence-electron chi connectivity index (χ2n) is 4.42. The highest BCUT2D eigenvalue weighted by molar-refractivity contribution is 6.32.